The second kappa shape index (κ2) is 6.76. The van der Waals surface area contributed by atoms with Crippen molar-refractivity contribution in [1.82, 2.24) is 10.2 Å². The number of amides is 1. The summed E-state index contributed by atoms with van der Waals surface area (Å²) < 4.78 is 11.5. The van der Waals surface area contributed by atoms with Gasteiger partial charge in [-0.05, 0) is 58.6 Å². The highest BCUT2D eigenvalue weighted by molar-refractivity contribution is 5.99. The van der Waals surface area contributed by atoms with Gasteiger partial charge in [-0.3, -0.25) is 9.69 Å². The Morgan fingerprint density at radius 1 is 1.12 bits per heavy atom. The number of carbonyl (C=O) groups excluding carboxylic acids is 1. The Morgan fingerprint density at radius 2 is 1.88 bits per heavy atom. The molecule has 0 saturated carbocycles. The molecule has 0 saturated heterocycles. The molecule has 25 heavy (non-hydrogen) atoms. The van der Waals surface area contributed by atoms with Crippen LogP contribution >= 0.6 is 0 Å². The van der Waals surface area contributed by atoms with Gasteiger partial charge in [0, 0.05) is 17.5 Å². The molecule has 0 spiro atoms. The number of hydrogen-bond acceptors (Lipinski definition) is 4. The number of hydrogen-bond donors (Lipinski definition) is 1. The number of aryl methyl sites for hydroxylation is 3. The number of benzene rings is 1. The van der Waals surface area contributed by atoms with Crippen LogP contribution in [-0.2, 0) is 0 Å². The largest absolute Gasteiger partial charge is 0.465 e. The van der Waals surface area contributed by atoms with Gasteiger partial charge in [0.1, 0.15) is 17.1 Å². The molecular weight excluding hydrogens is 316 g/mol. The number of rotatable bonds is 5. The van der Waals surface area contributed by atoms with E-state index in [1.807, 2.05) is 70.1 Å². The minimum atomic E-state index is -0.207. The molecule has 0 aliphatic heterocycles. The van der Waals surface area contributed by atoms with Gasteiger partial charge in [-0.25, -0.2) is 0 Å². The van der Waals surface area contributed by atoms with Crippen molar-refractivity contribution in [3.63, 3.8) is 0 Å². The van der Waals surface area contributed by atoms with Crippen molar-refractivity contribution in [2.24, 2.45) is 0 Å². The lowest BCUT2D eigenvalue weighted by Crippen LogP contribution is -2.34. The third-order valence-corrected chi connectivity index (χ3v) is 4.47. The predicted molar refractivity (Wildman–Crippen MR) is 97.9 cm³/mol. The Kier molecular flexibility index (Phi) is 4.68. The summed E-state index contributed by atoms with van der Waals surface area (Å²) in [6.07, 6.45) is 0. The average Bonchev–Trinajstić information content (AvgIpc) is 3.11. The third kappa shape index (κ3) is 3.46. The van der Waals surface area contributed by atoms with Gasteiger partial charge in [0.2, 0.25) is 0 Å². The first-order valence-corrected chi connectivity index (χ1v) is 8.37. The molecule has 1 N–H and O–H groups in total. The van der Waals surface area contributed by atoms with E-state index in [0.717, 1.165) is 33.6 Å². The Balaban J connectivity index is 1.78. The fraction of sp³-hybridized carbons (Fsp3) is 0.350. The van der Waals surface area contributed by atoms with Crippen molar-refractivity contribution in [3.8, 4) is 0 Å². The van der Waals surface area contributed by atoms with Crippen LogP contribution in [0.15, 0.2) is 39.2 Å². The first-order chi connectivity index (χ1) is 11.9. The fourth-order valence-corrected chi connectivity index (χ4v) is 2.99. The van der Waals surface area contributed by atoms with Crippen molar-refractivity contribution in [2.45, 2.75) is 26.8 Å². The number of carbonyl (C=O) groups is 1. The summed E-state index contributed by atoms with van der Waals surface area (Å²) in [6.45, 7) is 6.27. The van der Waals surface area contributed by atoms with Crippen LogP contribution in [0.3, 0.4) is 0 Å². The molecular formula is C20H24N2O3. The second-order valence-corrected chi connectivity index (χ2v) is 6.69. The predicted octanol–water partition coefficient (Wildman–Crippen LogP) is 3.98. The van der Waals surface area contributed by atoms with Crippen molar-refractivity contribution < 1.29 is 13.6 Å². The maximum Gasteiger partial charge on any atom is 0.287 e. The molecule has 0 bridgehead atoms. The van der Waals surface area contributed by atoms with Gasteiger partial charge in [0.15, 0.2) is 5.76 Å². The lowest BCUT2D eigenvalue weighted by atomic mass is 10.1. The lowest BCUT2D eigenvalue weighted by molar-refractivity contribution is 0.0912. The Labute approximate surface area is 147 Å². The molecule has 0 fully saturated rings. The molecule has 0 aliphatic carbocycles. The Morgan fingerprint density at radius 3 is 2.52 bits per heavy atom. The highest BCUT2D eigenvalue weighted by atomic mass is 16.3. The van der Waals surface area contributed by atoms with Gasteiger partial charge in [0.25, 0.3) is 5.91 Å². The van der Waals surface area contributed by atoms with E-state index >= 15 is 0 Å². The smallest absolute Gasteiger partial charge is 0.287 e. The van der Waals surface area contributed by atoms with Crippen LogP contribution in [-0.4, -0.2) is 31.4 Å². The van der Waals surface area contributed by atoms with E-state index in [-0.39, 0.29) is 11.9 Å². The summed E-state index contributed by atoms with van der Waals surface area (Å²) in [6, 6.07) is 9.81. The van der Waals surface area contributed by atoms with Crippen LogP contribution in [0.25, 0.3) is 11.0 Å². The van der Waals surface area contributed by atoms with Gasteiger partial charge < -0.3 is 14.2 Å². The number of nitrogens with zero attached hydrogens (tertiary/aromatic N) is 1. The van der Waals surface area contributed by atoms with Crippen LogP contribution in [0.1, 0.15) is 39.2 Å². The average molecular weight is 340 g/mol. The standard InChI is InChI=1S/C20H24N2O3/c1-12-6-8-15-14(3)19(25-18(15)10-12)20(23)21-11-16(22(4)5)17-9-7-13(2)24-17/h6-10,16H,11H2,1-5H3,(H,21,23)/t16-/m1/s1. The SMILES string of the molecule is Cc1ccc2c(C)c(C(=O)NC[C@H](c3ccc(C)o3)N(C)C)oc2c1. The van der Waals surface area contributed by atoms with Gasteiger partial charge in [-0.15, -0.1) is 0 Å². The summed E-state index contributed by atoms with van der Waals surface area (Å²) >= 11 is 0. The maximum atomic E-state index is 12.6. The van der Waals surface area contributed by atoms with E-state index in [9.17, 15) is 4.79 Å². The molecule has 1 aromatic carbocycles. The van der Waals surface area contributed by atoms with Crippen molar-refractivity contribution in [3.05, 3.63) is 58.7 Å². The summed E-state index contributed by atoms with van der Waals surface area (Å²) in [7, 11) is 3.92. The summed E-state index contributed by atoms with van der Waals surface area (Å²) in [5.74, 6) is 1.85. The molecule has 132 valence electrons. The van der Waals surface area contributed by atoms with Crippen LogP contribution in [0.2, 0.25) is 0 Å². The van der Waals surface area contributed by atoms with E-state index in [2.05, 4.69) is 5.32 Å². The zero-order valence-electron chi connectivity index (χ0n) is 15.3. The Bertz CT molecular complexity index is 905. The molecule has 3 rings (SSSR count). The van der Waals surface area contributed by atoms with Crippen molar-refractivity contribution in [2.75, 3.05) is 20.6 Å². The molecule has 5 nitrogen and oxygen atoms in total. The minimum Gasteiger partial charge on any atom is -0.465 e. The zero-order valence-corrected chi connectivity index (χ0v) is 15.3. The molecule has 0 unspecified atom stereocenters. The quantitative estimate of drug-likeness (QED) is 0.763. The molecule has 5 heteroatoms. The molecule has 2 heterocycles. The number of fused-ring (bicyclic) bond motifs is 1. The topological polar surface area (TPSA) is 58.6 Å². The molecule has 0 aliphatic rings. The lowest BCUT2D eigenvalue weighted by Gasteiger charge is -2.22. The summed E-state index contributed by atoms with van der Waals surface area (Å²) in [5.41, 5.74) is 2.71. The Hall–Kier alpha value is -2.53. The number of nitrogens with one attached hydrogen (secondary N) is 1. The van der Waals surface area contributed by atoms with Crippen molar-refractivity contribution >= 4 is 16.9 Å². The van der Waals surface area contributed by atoms with E-state index < -0.39 is 0 Å². The molecule has 2 aromatic heterocycles. The van der Waals surface area contributed by atoms with Gasteiger partial charge in [-0.1, -0.05) is 12.1 Å². The molecule has 3 aromatic rings. The normalized spacial score (nSPS) is 12.7. The van der Waals surface area contributed by atoms with Gasteiger partial charge in [0.05, 0.1) is 6.04 Å². The van der Waals surface area contributed by atoms with Crippen molar-refractivity contribution in [1.29, 1.82) is 0 Å². The maximum absolute atomic E-state index is 12.6. The fourth-order valence-electron chi connectivity index (χ4n) is 2.99. The van der Waals surface area contributed by atoms with Gasteiger partial charge >= 0.3 is 0 Å². The van der Waals surface area contributed by atoms with E-state index in [1.54, 1.807) is 0 Å². The molecule has 1 amide bonds. The summed E-state index contributed by atoms with van der Waals surface area (Å²) in [4.78, 5) is 14.7. The van der Waals surface area contributed by atoms with Crippen LogP contribution in [0.5, 0.6) is 0 Å². The molecule has 0 radical (unpaired) electrons. The molecule has 1 atom stereocenters. The first-order valence-electron chi connectivity index (χ1n) is 8.37. The van der Waals surface area contributed by atoms with E-state index in [1.165, 1.54) is 0 Å². The summed E-state index contributed by atoms with van der Waals surface area (Å²) in [5, 5.41) is 3.94. The monoisotopic (exact) mass is 340 g/mol. The first kappa shape index (κ1) is 17.3. The van der Waals surface area contributed by atoms with E-state index in [4.69, 9.17) is 8.83 Å². The number of furan rings is 2. The zero-order chi connectivity index (χ0) is 18.1. The van der Waals surface area contributed by atoms with Gasteiger partial charge in [-0.2, -0.15) is 0 Å². The van der Waals surface area contributed by atoms with E-state index in [0.29, 0.717) is 12.3 Å². The third-order valence-electron chi connectivity index (χ3n) is 4.47. The highest BCUT2D eigenvalue weighted by Crippen LogP contribution is 2.26. The van der Waals surface area contributed by atoms with Crippen LogP contribution in [0, 0.1) is 20.8 Å². The highest BCUT2D eigenvalue weighted by Gasteiger charge is 2.22. The number of likely N-dealkylation sites (N-methyl/N-ethyl adjacent to an activating group) is 1. The van der Waals surface area contributed by atoms with Crippen LogP contribution < -0.4 is 5.32 Å². The van der Waals surface area contributed by atoms with Crippen LogP contribution in [0.4, 0.5) is 0 Å². The second-order valence-electron chi connectivity index (χ2n) is 6.69. The minimum absolute atomic E-state index is 0.0374.